The second-order valence-electron chi connectivity index (χ2n) is 5.46. The van der Waals surface area contributed by atoms with E-state index < -0.39 is 11.7 Å². The molecule has 0 saturated heterocycles. The van der Waals surface area contributed by atoms with Gasteiger partial charge in [-0.1, -0.05) is 13.0 Å². The van der Waals surface area contributed by atoms with Crippen molar-refractivity contribution in [2.24, 2.45) is 0 Å². The van der Waals surface area contributed by atoms with E-state index in [1.54, 1.807) is 32.0 Å². The summed E-state index contributed by atoms with van der Waals surface area (Å²) in [6.45, 7) is 5.27. The Labute approximate surface area is 123 Å². The third-order valence-electron chi connectivity index (χ3n) is 3.57. The molecule has 0 aromatic heterocycles. The third-order valence-corrected chi connectivity index (χ3v) is 3.57. The van der Waals surface area contributed by atoms with Crippen LogP contribution in [0.15, 0.2) is 18.2 Å². The molecule has 0 saturated carbocycles. The molecule has 0 aliphatic carbocycles. The molecule has 2 amide bonds. The molecule has 6 nitrogen and oxygen atoms in total. The van der Waals surface area contributed by atoms with Crippen molar-refractivity contribution in [1.29, 1.82) is 0 Å². The lowest BCUT2D eigenvalue weighted by Gasteiger charge is -2.26. The number of amides is 2. The van der Waals surface area contributed by atoms with Crippen LogP contribution in [0.25, 0.3) is 0 Å². The number of ether oxygens (including phenoxy) is 1. The standard InChI is InChI=1S/C15H20N2O4/c1-4-15(3,20)8-16-14(19)10-6-5-7-11-12(10)21-9(2)13(18)17-11/h5-7,9,20H,4,8H2,1-3H3,(H,16,19)(H,17,18)/t9-,15+/m1/s1. The molecule has 6 heteroatoms. The maximum atomic E-state index is 12.3. The van der Waals surface area contributed by atoms with E-state index in [0.717, 1.165) is 0 Å². The van der Waals surface area contributed by atoms with E-state index in [0.29, 0.717) is 23.4 Å². The summed E-state index contributed by atoms with van der Waals surface area (Å²) in [6, 6.07) is 4.97. The first-order valence-corrected chi connectivity index (χ1v) is 6.95. The molecule has 1 aromatic rings. The summed E-state index contributed by atoms with van der Waals surface area (Å²) in [6.07, 6.45) is -0.116. The van der Waals surface area contributed by atoms with Crippen LogP contribution in [0.1, 0.15) is 37.6 Å². The van der Waals surface area contributed by atoms with Crippen LogP contribution in [0.2, 0.25) is 0 Å². The van der Waals surface area contributed by atoms with E-state index in [-0.39, 0.29) is 18.4 Å². The summed E-state index contributed by atoms with van der Waals surface area (Å²) >= 11 is 0. The van der Waals surface area contributed by atoms with Crippen LogP contribution < -0.4 is 15.4 Å². The number of para-hydroxylation sites is 1. The molecule has 0 spiro atoms. The maximum Gasteiger partial charge on any atom is 0.265 e. The van der Waals surface area contributed by atoms with Gasteiger partial charge in [-0.15, -0.1) is 0 Å². The van der Waals surface area contributed by atoms with Gasteiger partial charge in [-0.25, -0.2) is 0 Å². The molecule has 1 aliphatic rings. The smallest absolute Gasteiger partial charge is 0.265 e. The molecule has 2 rings (SSSR count). The van der Waals surface area contributed by atoms with E-state index in [4.69, 9.17) is 4.74 Å². The van der Waals surface area contributed by atoms with E-state index in [9.17, 15) is 14.7 Å². The number of benzene rings is 1. The number of carbonyl (C=O) groups excluding carboxylic acids is 2. The highest BCUT2D eigenvalue weighted by atomic mass is 16.5. The van der Waals surface area contributed by atoms with E-state index in [2.05, 4.69) is 10.6 Å². The fourth-order valence-electron chi connectivity index (χ4n) is 1.90. The topological polar surface area (TPSA) is 87.7 Å². The van der Waals surface area contributed by atoms with Gasteiger partial charge in [0.2, 0.25) is 0 Å². The molecule has 0 unspecified atom stereocenters. The lowest BCUT2D eigenvalue weighted by Crippen LogP contribution is -2.41. The Kier molecular flexibility index (Phi) is 4.18. The molecule has 1 heterocycles. The van der Waals surface area contributed by atoms with Crippen molar-refractivity contribution in [3.63, 3.8) is 0 Å². The maximum absolute atomic E-state index is 12.3. The monoisotopic (exact) mass is 292 g/mol. The van der Waals surface area contributed by atoms with Crippen molar-refractivity contribution in [2.75, 3.05) is 11.9 Å². The number of nitrogens with one attached hydrogen (secondary N) is 2. The Morgan fingerprint density at radius 3 is 2.90 bits per heavy atom. The molecule has 0 fully saturated rings. The van der Waals surface area contributed by atoms with Gasteiger partial charge in [0.25, 0.3) is 11.8 Å². The second kappa shape index (κ2) is 5.73. The highest BCUT2D eigenvalue weighted by Crippen LogP contribution is 2.33. The number of hydrogen-bond acceptors (Lipinski definition) is 4. The minimum atomic E-state index is -0.952. The van der Waals surface area contributed by atoms with E-state index >= 15 is 0 Å². The molecule has 21 heavy (non-hydrogen) atoms. The van der Waals surface area contributed by atoms with Gasteiger partial charge in [0.05, 0.1) is 16.9 Å². The predicted molar refractivity (Wildman–Crippen MR) is 78.4 cm³/mol. The normalized spacial score (nSPS) is 19.8. The largest absolute Gasteiger partial charge is 0.478 e. The van der Waals surface area contributed by atoms with Gasteiger partial charge >= 0.3 is 0 Å². The van der Waals surface area contributed by atoms with Gasteiger partial charge < -0.3 is 20.5 Å². The first-order chi connectivity index (χ1) is 9.84. The van der Waals surface area contributed by atoms with Gasteiger partial charge in [-0.3, -0.25) is 9.59 Å². The lowest BCUT2D eigenvalue weighted by atomic mass is 10.0. The van der Waals surface area contributed by atoms with Crippen LogP contribution in [0, 0.1) is 0 Å². The minimum absolute atomic E-state index is 0.147. The van der Waals surface area contributed by atoms with Gasteiger partial charge in [-0.05, 0) is 32.4 Å². The van der Waals surface area contributed by atoms with Crippen LogP contribution in [0.3, 0.4) is 0 Å². The molecular weight excluding hydrogens is 272 g/mol. The number of rotatable bonds is 4. The molecule has 3 N–H and O–H groups in total. The van der Waals surface area contributed by atoms with Gasteiger partial charge in [0, 0.05) is 6.54 Å². The SMILES string of the molecule is CC[C@](C)(O)CNC(=O)c1cccc2c1O[C@H](C)C(=O)N2. The molecule has 114 valence electrons. The van der Waals surface area contributed by atoms with E-state index in [1.165, 1.54) is 0 Å². The Balaban J connectivity index is 2.19. The Morgan fingerprint density at radius 2 is 2.24 bits per heavy atom. The summed E-state index contributed by atoms with van der Waals surface area (Å²) in [5, 5.41) is 15.3. The van der Waals surface area contributed by atoms with Crippen LogP contribution in [0.4, 0.5) is 5.69 Å². The average molecular weight is 292 g/mol. The fraction of sp³-hybridized carbons (Fsp3) is 0.467. The van der Waals surface area contributed by atoms with Gasteiger partial charge in [0.1, 0.15) is 0 Å². The first kappa shape index (κ1) is 15.3. The Bertz CT molecular complexity index is 569. The second-order valence-corrected chi connectivity index (χ2v) is 5.46. The molecular formula is C15H20N2O4. The van der Waals surface area contributed by atoms with Crippen LogP contribution in [-0.2, 0) is 4.79 Å². The fourth-order valence-corrected chi connectivity index (χ4v) is 1.90. The summed E-state index contributed by atoms with van der Waals surface area (Å²) in [5.74, 6) is -0.226. The molecule has 1 aromatic carbocycles. The van der Waals surface area contributed by atoms with Crippen molar-refractivity contribution < 1.29 is 19.4 Å². The van der Waals surface area contributed by atoms with Crippen LogP contribution >= 0.6 is 0 Å². The highest BCUT2D eigenvalue weighted by Gasteiger charge is 2.28. The van der Waals surface area contributed by atoms with Gasteiger partial charge in [-0.2, -0.15) is 0 Å². The lowest BCUT2D eigenvalue weighted by molar-refractivity contribution is -0.122. The summed E-state index contributed by atoms with van der Waals surface area (Å²) < 4.78 is 5.52. The number of carbonyl (C=O) groups is 2. The molecule has 1 aliphatic heterocycles. The van der Waals surface area contributed by atoms with Crippen LogP contribution in [0.5, 0.6) is 5.75 Å². The van der Waals surface area contributed by atoms with Crippen molar-refractivity contribution in [1.82, 2.24) is 5.32 Å². The third kappa shape index (κ3) is 3.33. The van der Waals surface area contributed by atoms with Crippen molar-refractivity contribution in [3.05, 3.63) is 23.8 Å². The van der Waals surface area contributed by atoms with Crippen molar-refractivity contribution in [2.45, 2.75) is 38.9 Å². The molecule has 0 bridgehead atoms. The quantitative estimate of drug-likeness (QED) is 0.780. The average Bonchev–Trinajstić information content (AvgIpc) is 2.45. The Morgan fingerprint density at radius 1 is 1.52 bits per heavy atom. The number of anilines is 1. The molecule has 0 radical (unpaired) electrons. The zero-order valence-electron chi connectivity index (χ0n) is 12.4. The first-order valence-electron chi connectivity index (χ1n) is 6.95. The zero-order chi connectivity index (χ0) is 15.6. The number of hydrogen-bond donors (Lipinski definition) is 3. The van der Waals surface area contributed by atoms with Crippen molar-refractivity contribution >= 4 is 17.5 Å². The summed E-state index contributed by atoms with van der Waals surface area (Å²) in [5.41, 5.74) is -0.133. The van der Waals surface area contributed by atoms with Gasteiger partial charge in [0.15, 0.2) is 11.9 Å². The highest BCUT2D eigenvalue weighted by molar-refractivity contribution is 6.03. The zero-order valence-corrected chi connectivity index (χ0v) is 12.4. The van der Waals surface area contributed by atoms with E-state index in [1.807, 2.05) is 6.92 Å². The Hall–Kier alpha value is -2.08. The van der Waals surface area contributed by atoms with Crippen LogP contribution in [-0.4, -0.2) is 35.2 Å². The minimum Gasteiger partial charge on any atom is -0.478 e. The summed E-state index contributed by atoms with van der Waals surface area (Å²) in [4.78, 5) is 23.8. The van der Waals surface area contributed by atoms with Crippen molar-refractivity contribution in [3.8, 4) is 5.75 Å². The number of aliphatic hydroxyl groups is 1. The predicted octanol–water partition coefficient (Wildman–Crippen LogP) is 1.30. The summed E-state index contributed by atoms with van der Waals surface area (Å²) in [7, 11) is 0. The number of fused-ring (bicyclic) bond motifs is 1. The molecule has 2 atom stereocenters.